The molecule has 5 rings (SSSR count). The van der Waals surface area contributed by atoms with Crippen LogP contribution in [0.25, 0.3) is 9.40 Å². The molecule has 36 heavy (non-hydrogen) atoms. The second-order valence-corrected chi connectivity index (χ2v) is 11.1. The van der Waals surface area contributed by atoms with Crippen LogP contribution in [0, 0.1) is 25.7 Å². The van der Waals surface area contributed by atoms with Gasteiger partial charge in [-0.15, -0.1) is 22.7 Å². The van der Waals surface area contributed by atoms with Crippen molar-refractivity contribution >= 4 is 50.0 Å². The number of aliphatic carboxylic acids is 1. The summed E-state index contributed by atoms with van der Waals surface area (Å²) in [5.41, 5.74) is 2.89. The van der Waals surface area contributed by atoms with Crippen LogP contribution in [0.3, 0.4) is 0 Å². The van der Waals surface area contributed by atoms with E-state index in [1.165, 1.54) is 0 Å². The zero-order valence-corrected chi connectivity index (χ0v) is 22.0. The fourth-order valence-electron chi connectivity index (χ4n) is 4.27. The highest BCUT2D eigenvalue weighted by molar-refractivity contribution is 7.28. The molecule has 1 amide bonds. The normalized spacial score (nSPS) is 14.7. The Morgan fingerprint density at radius 1 is 1.14 bits per heavy atom. The Labute approximate surface area is 216 Å². The Morgan fingerprint density at radius 3 is 2.47 bits per heavy atom. The third-order valence-electron chi connectivity index (χ3n) is 6.59. The van der Waals surface area contributed by atoms with Gasteiger partial charge in [-0.1, -0.05) is 42.2 Å². The Kier molecular flexibility index (Phi) is 6.10. The molecular formula is C27H25N3O4S2. The molecule has 1 unspecified atom stereocenters. The summed E-state index contributed by atoms with van der Waals surface area (Å²) in [6, 6.07) is 9.53. The molecule has 1 fully saturated rings. The van der Waals surface area contributed by atoms with E-state index in [1.807, 2.05) is 51.1 Å². The van der Waals surface area contributed by atoms with Gasteiger partial charge in [0.05, 0.1) is 16.6 Å². The van der Waals surface area contributed by atoms with Gasteiger partial charge >= 0.3 is 12.1 Å². The summed E-state index contributed by atoms with van der Waals surface area (Å²) >= 11 is 3.17. The van der Waals surface area contributed by atoms with E-state index < -0.39 is 23.6 Å². The summed E-state index contributed by atoms with van der Waals surface area (Å²) in [4.78, 5) is 26.3. The van der Waals surface area contributed by atoms with Crippen LogP contribution in [0.1, 0.15) is 57.9 Å². The van der Waals surface area contributed by atoms with Gasteiger partial charge in [0.1, 0.15) is 17.3 Å². The first-order valence-corrected chi connectivity index (χ1v) is 13.2. The fraction of sp³-hybridized carbons (Fsp3) is 0.296. The molecule has 0 spiro atoms. The lowest BCUT2D eigenvalue weighted by atomic mass is 10.0. The Bertz CT molecular complexity index is 1550. The first kappa shape index (κ1) is 24.1. The van der Waals surface area contributed by atoms with Crippen LogP contribution < -0.4 is 5.32 Å². The largest absolute Gasteiger partial charge is 0.481 e. The van der Waals surface area contributed by atoms with E-state index in [4.69, 9.17) is 4.74 Å². The number of benzene rings is 1. The van der Waals surface area contributed by atoms with Gasteiger partial charge in [0.2, 0.25) is 0 Å². The number of nitrogens with zero attached hydrogens (tertiary/aromatic N) is 2. The van der Waals surface area contributed by atoms with Crippen LogP contribution in [-0.4, -0.2) is 26.9 Å². The number of carboxylic acids is 1. The van der Waals surface area contributed by atoms with Crippen LogP contribution in [0.5, 0.6) is 0 Å². The Morgan fingerprint density at radius 2 is 1.83 bits per heavy atom. The molecule has 184 valence electrons. The van der Waals surface area contributed by atoms with E-state index in [2.05, 4.69) is 22.3 Å². The minimum atomic E-state index is -0.731. The number of thiophene rings is 2. The topological polar surface area (TPSA) is 93.5 Å². The summed E-state index contributed by atoms with van der Waals surface area (Å²) in [6.07, 6.45) is 2.03. The molecule has 3 heterocycles. The van der Waals surface area contributed by atoms with E-state index >= 15 is 0 Å². The first-order valence-electron chi connectivity index (χ1n) is 11.5. The van der Waals surface area contributed by atoms with Crippen molar-refractivity contribution in [2.45, 2.75) is 45.1 Å². The second-order valence-electron chi connectivity index (χ2n) is 9.02. The number of aromatic nitrogens is 2. The summed E-state index contributed by atoms with van der Waals surface area (Å²) < 4.78 is 9.29. The van der Waals surface area contributed by atoms with E-state index in [1.54, 1.807) is 40.6 Å². The SMILES string of the molecule is Cc1c(C#Cc2cnn(C)c2NC(=O)OC(C)c2ccccc2)sc2c(C)c(C3(C(=O)O)CC3)sc12. The molecule has 0 bridgehead atoms. The second kappa shape index (κ2) is 9.12. The van der Waals surface area contributed by atoms with Crippen molar-refractivity contribution in [2.24, 2.45) is 7.05 Å². The quantitative estimate of drug-likeness (QED) is 0.309. The highest BCUT2D eigenvalue weighted by atomic mass is 32.1. The van der Waals surface area contributed by atoms with Crippen molar-refractivity contribution < 1.29 is 19.4 Å². The number of hydrogen-bond donors (Lipinski definition) is 2. The summed E-state index contributed by atoms with van der Waals surface area (Å²) in [7, 11) is 1.73. The van der Waals surface area contributed by atoms with Crippen molar-refractivity contribution in [3.8, 4) is 11.8 Å². The molecule has 1 saturated carbocycles. The molecule has 0 radical (unpaired) electrons. The maximum Gasteiger partial charge on any atom is 0.413 e. The van der Waals surface area contributed by atoms with Gasteiger partial charge in [-0.2, -0.15) is 5.10 Å². The third kappa shape index (κ3) is 4.16. The van der Waals surface area contributed by atoms with Crippen molar-refractivity contribution in [3.05, 3.63) is 68.5 Å². The Balaban J connectivity index is 1.37. The molecule has 1 atom stereocenters. The van der Waals surface area contributed by atoms with Gasteiger partial charge in [0, 0.05) is 21.3 Å². The molecule has 4 aromatic rings. The van der Waals surface area contributed by atoms with Gasteiger partial charge < -0.3 is 9.84 Å². The zero-order valence-electron chi connectivity index (χ0n) is 20.3. The van der Waals surface area contributed by atoms with Crippen LogP contribution in [-0.2, 0) is 22.0 Å². The summed E-state index contributed by atoms with van der Waals surface area (Å²) in [6.45, 7) is 5.85. The lowest BCUT2D eigenvalue weighted by molar-refractivity contribution is -0.139. The number of aryl methyl sites for hydroxylation is 3. The first-order chi connectivity index (χ1) is 17.2. The smallest absolute Gasteiger partial charge is 0.413 e. The van der Waals surface area contributed by atoms with E-state index in [0.717, 1.165) is 35.8 Å². The number of carbonyl (C=O) groups excluding carboxylic acids is 1. The van der Waals surface area contributed by atoms with Crippen molar-refractivity contribution in [1.29, 1.82) is 0 Å². The molecule has 9 heteroatoms. The van der Waals surface area contributed by atoms with Gasteiger partial charge in [-0.3, -0.25) is 14.8 Å². The molecule has 3 aromatic heterocycles. The monoisotopic (exact) mass is 519 g/mol. The maximum absolute atomic E-state index is 12.6. The lowest BCUT2D eigenvalue weighted by Crippen LogP contribution is -2.18. The molecule has 2 N–H and O–H groups in total. The number of anilines is 1. The van der Waals surface area contributed by atoms with E-state index in [0.29, 0.717) is 24.2 Å². The molecule has 0 saturated heterocycles. The molecule has 7 nitrogen and oxygen atoms in total. The lowest BCUT2D eigenvalue weighted by Gasteiger charge is -2.14. The van der Waals surface area contributed by atoms with E-state index in [-0.39, 0.29) is 0 Å². The molecular weight excluding hydrogens is 494 g/mol. The third-order valence-corrected chi connectivity index (χ3v) is 9.67. The van der Waals surface area contributed by atoms with Crippen molar-refractivity contribution in [2.75, 3.05) is 5.32 Å². The molecule has 1 aliphatic carbocycles. The van der Waals surface area contributed by atoms with Crippen molar-refractivity contribution in [1.82, 2.24) is 9.78 Å². The number of amides is 1. The number of hydrogen-bond acceptors (Lipinski definition) is 6. The fourth-order valence-corrected chi connectivity index (χ4v) is 7.16. The summed E-state index contributed by atoms with van der Waals surface area (Å²) in [5, 5.41) is 16.7. The molecule has 0 aliphatic heterocycles. The number of rotatable bonds is 5. The van der Waals surface area contributed by atoms with Gasteiger partial charge in [-0.05, 0) is 50.3 Å². The van der Waals surface area contributed by atoms with Crippen molar-refractivity contribution in [3.63, 3.8) is 0 Å². The Hall–Kier alpha value is -3.61. The van der Waals surface area contributed by atoms with Gasteiger partial charge in [0.15, 0.2) is 0 Å². The average molecular weight is 520 g/mol. The predicted molar refractivity (Wildman–Crippen MR) is 142 cm³/mol. The number of carboxylic acid groups (broad SMARTS) is 1. The standard InChI is InChI=1S/C27H25N3O4S2/c1-15-20(35-22-16(2)23(36-21(15)22)27(12-13-27)25(31)32)11-10-19-14-28-30(4)24(19)29-26(33)34-17(3)18-8-6-5-7-9-18/h5-9,14,17H,12-13H2,1-4H3,(H,29,33)(H,31,32). The number of ether oxygens (including phenoxy) is 1. The number of nitrogens with one attached hydrogen (secondary N) is 1. The predicted octanol–water partition coefficient (Wildman–Crippen LogP) is 6.14. The minimum absolute atomic E-state index is 0.403. The highest BCUT2D eigenvalue weighted by Crippen LogP contribution is 2.55. The van der Waals surface area contributed by atoms with Crippen LogP contribution in [0.4, 0.5) is 10.6 Å². The minimum Gasteiger partial charge on any atom is -0.481 e. The number of carbonyl (C=O) groups is 2. The summed E-state index contributed by atoms with van der Waals surface area (Å²) in [5.74, 6) is 6.11. The van der Waals surface area contributed by atoms with Gasteiger partial charge in [-0.25, -0.2) is 4.79 Å². The highest BCUT2D eigenvalue weighted by Gasteiger charge is 2.54. The van der Waals surface area contributed by atoms with E-state index in [9.17, 15) is 14.7 Å². The zero-order chi connectivity index (χ0) is 25.6. The van der Waals surface area contributed by atoms with Gasteiger partial charge in [0.25, 0.3) is 0 Å². The maximum atomic E-state index is 12.6. The van der Waals surface area contributed by atoms with Crippen LogP contribution in [0.15, 0.2) is 36.5 Å². The molecule has 1 aliphatic rings. The number of fused-ring (bicyclic) bond motifs is 1. The van der Waals surface area contributed by atoms with Crippen LogP contribution >= 0.6 is 22.7 Å². The average Bonchev–Trinajstić information content (AvgIpc) is 3.40. The van der Waals surface area contributed by atoms with Crippen LogP contribution in [0.2, 0.25) is 0 Å². The molecule has 1 aromatic carbocycles.